The smallest absolute Gasteiger partial charge is 0.259 e. The first-order valence-corrected chi connectivity index (χ1v) is 7.23. The van der Waals surface area contributed by atoms with E-state index < -0.39 is 0 Å². The molecule has 1 aromatic rings. The van der Waals surface area contributed by atoms with Gasteiger partial charge in [0.2, 0.25) is 0 Å². The highest BCUT2D eigenvalue weighted by atomic mass is 32.2. The molecule has 5 nitrogen and oxygen atoms in total. The van der Waals surface area contributed by atoms with E-state index in [1.165, 1.54) is 0 Å². The number of hydrogen-bond acceptors (Lipinski definition) is 5. The van der Waals surface area contributed by atoms with Gasteiger partial charge in [-0.3, -0.25) is 4.79 Å². The number of hydrazone groups is 1. The molecule has 1 fully saturated rings. The zero-order valence-corrected chi connectivity index (χ0v) is 11.6. The van der Waals surface area contributed by atoms with Crippen LogP contribution < -0.4 is 15.5 Å². The Labute approximate surface area is 116 Å². The third-order valence-corrected chi connectivity index (χ3v) is 3.72. The van der Waals surface area contributed by atoms with Crippen molar-refractivity contribution in [2.45, 2.75) is 6.42 Å². The van der Waals surface area contributed by atoms with Gasteiger partial charge in [-0.25, -0.2) is 5.43 Å². The molecule has 1 aliphatic rings. The summed E-state index contributed by atoms with van der Waals surface area (Å²) in [5.41, 5.74) is 4.50. The predicted octanol–water partition coefficient (Wildman–Crippen LogP) is 1.72. The van der Waals surface area contributed by atoms with E-state index in [0.717, 1.165) is 35.1 Å². The second-order valence-electron chi connectivity index (χ2n) is 4.10. The van der Waals surface area contributed by atoms with Crippen LogP contribution in [0.15, 0.2) is 29.4 Å². The fourth-order valence-electron chi connectivity index (χ4n) is 1.61. The number of hydrogen-bond donors (Lipinski definition) is 2. The molecule has 0 bridgehead atoms. The maximum atomic E-state index is 11.6. The molecule has 0 saturated carbocycles. The average Bonchev–Trinajstić information content (AvgIpc) is 2.96. The van der Waals surface area contributed by atoms with E-state index in [2.05, 4.69) is 15.8 Å². The molecular weight excluding hydrogens is 262 g/mol. The predicted molar refractivity (Wildman–Crippen MR) is 79.0 cm³/mol. The van der Waals surface area contributed by atoms with Crippen molar-refractivity contribution in [1.82, 2.24) is 5.43 Å². The van der Waals surface area contributed by atoms with Crippen LogP contribution in [0.3, 0.4) is 0 Å². The third kappa shape index (κ3) is 4.48. The van der Waals surface area contributed by atoms with E-state index in [1.807, 2.05) is 36.0 Å². The Bertz CT molecular complexity index is 451. The minimum absolute atomic E-state index is 0.139. The van der Waals surface area contributed by atoms with Crippen molar-refractivity contribution in [1.29, 1.82) is 0 Å². The van der Waals surface area contributed by atoms with Gasteiger partial charge in [0.05, 0.1) is 13.7 Å². The SMILES string of the molecule is COc1ccc(NCC(=O)N/N=C2\CCSC2)cc1. The number of carbonyl (C=O) groups excluding carboxylic acids is 1. The monoisotopic (exact) mass is 279 g/mol. The Balaban J connectivity index is 1.74. The van der Waals surface area contributed by atoms with Crippen LogP contribution >= 0.6 is 11.8 Å². The Hall–Kier alpha value is -1.69. The van der Waals surface area contributed by atoms with Gasteiger partial charge in [-0.2, -0.15) is 16.9 Å². The average molecular weight is 279 g/mol. The lowest BCUT2D eigenvalue weighted by Gasteiger charge is -2.06. The van der Waals surface area contributed by atoms with Crippen molar-refractivity contribution in [3.8, 4) is 5.75 Å². The molecule has 1 heterocycles. The number of amides is 1. The molecule has 1 aliphatic heterocycles. The van der Waals surface area contributed by atoms with Crippen LogP contribution in [0.25, 0.3) is 0 Å². The zero-order chi connectivity index (χ0) is 13.5. The second kappa shape index (κ2) is 7.04. The van der Waals surface area contributed by atoms with Gasteiger partial charge < -0.3 is 10.1 Å². The summed E-state index contributed by atoms with van der Waals surface area (Å²) in [5.74, 6) is 2.67. The maximum absolute atomic E-state index is 11.6. The molecule has 1 saturated heterocycles. The maximum Gasteiger partial charge on any atom is 0.259 e. The standard InChI is InChI=1S/C13H17N3O2S/c1-18-12-4-2-10(3-5-12)14-8-13(17)16-15-11-6-7-19-9-11/h2-5,14H,6-9H2,1H3,(H,16,17)/b15-11+. The van der Waals surface area contributed by atoms with Crippen LogP contribution in [0, 0.1) is 0 Å². The number of anilines is 1. The van der Waals surface area contributed by atoms with Crippen molar-refractivity contribution < 1.29 is 9.53 Å². The highest BCUT2D eigenvalue weighted by Gasteiger charge is 2.09. The van der Waals surface area contributed by atoms with Crippen molar-refractivity contribution in [3.63, 3.8) is 0 Å². The van der Waals surface area contributed by atoms with Crippen molar-refractivity contribution in [2.24, 2.45) is 5.10 Å². The molecule has 0 aliphatic carbocycles. The molecule has 0 atom stereocenters. The second-order valence-corrected chi connectivity index (χ2v) is 5.20. The number of thioether (sulfide) groups is 1. The van der Waals surface area contributed by atoms with Gasteiger partial charge in [0.1, 0.15) is 5.75 Å². The molecule has 0 aromatic heterocycles. The minimum atomic E-state index is -0.139. The Morgan fingerprint density at radius 3 is 2.84 bits per heavy atom. The molecule has 1 amide bonds. The fourth-order valence-corrected chi connectivity index (χ4v) is 2.58. The fraction of sp³-hybridized carbons (Fsp3) is 0.385. The molecule has 0 radical (unpaired) electrons. The normalized spacial score (nSPS) is 16.4. The first-order chi connectivity index (χ1) is 9.28. The number of rotatable bonds is 5. The Kier molecular flexibility index (Phi) is 5.09. The largest absolute Gasteiger partial charge is 0.497 e. The number of methoxy groups -OCH3 is 1. The number of carbonyl (C=O) groups is 1. The van der Waals surface area contributed by atoms with Crippen LogP contribution in [0.5, 0.6) is 5.75 Å². The van der Waals surface area contributed by atoms with E-state index in [1.54, 1.807) is 7.11 Å². The highest BCUT2D eigenvalue weighted by molar-refractivity contribution is 8.00. The molecule has 0 unspecified atom stereocenters. The summed E-state index contributed by atoms with van der Waals surface area (Å²) in [4.78, 5) is 11.6. The lowest BCUT2D eigenvalue weighted by atomic mass is 10.3. The van der Waals surface area contributed by atoms with E-state index in [-0.39, 0.29) is 12.5 Å². The number of ether oxygens (including phenoxy) is 1. The van der Waals surface area contributed by atoms with E-state index in [9.17, 15) is 4.79 Å². The summed E-state index contributed by atoms with van der Waals surface area (Å²) in [7, 11) is 1.62. The van der Waals surface area contributed by atoms with Gasteiger partial charge in [0.15, 0.2) is 0 Å². The third-order valence-electron chi connectivity index (χ3n) is 2.69. The lowest BCUT2D eigenvalue weighted by molar-refractivity contribution is -0.119. The molecule has 1 aromatic carbocycles. The highest BCUT2D eigenvalue weighted by Crippen LogP contribution is 2.15. The van der Waals surface area contributed by atoms with Crippen LogP contribution in [0.1, 0.15) is 6.42 Å². The summed E-state index contributed by atoms with van der Waals surface area (Å²) in [5, 5.41) is 7.13. The van der Waals surface area contributed by atoms with Gasteiger partial charge in [-0.05, 0) is 36.4 Å². The Morgan fingerprint density at radius 2 is 2.21 bits per heavy atom. The van der Waals surface area contributed by atoms with Crippen molar-refractivity contribution in [2.75, 3.05) is 30.5 Å². The lowest BCUT2D eigenvalue weighted by Crippen LogP contribution is -2.26. The summed E-state index contributed by atoms with van der Waals surface area (Å²) in [6, 6.07) is 7.42. The topological polar surface area (TPSA) is 62.7 Å². The number of nitrogens with zero attached hydrogens (tertiary/aromatic N) is 1. The number of nitrogens with one attached hydrogen (secondary N) is 2. The van der Waals surface area contributed by atoms with E-state index in [0.29, 0.717) is 0 Å². The Morgan fingerprint density at radius 1 is 1.42 bits per heavy atom. The molecule has 19 heavy (non-hydrogen) atoms. The van der Waals surface area contributed by atoms with Gasteiger partial charge in [0, 0.05) is 17.2 Å². The van der Waals surface area contributed by atoms with Gasteiger partial charge in [-0.15, -0.1) is 0 Å². The van der Waals surface area contributed by atoms with Crippen LogP contribution in [-0.2, 0) is 4.79 Å². The first kappa shape index (κ1) is 13.7. The molecule has 6 heteroatoms. The summed E-state index contributed by atoms with van der Waals surface area (Å²) in [6.45, 7) is 0.205. The van der Waals surface area contributed by atoms with Gasteiger partial charge in [0.25, 0.3) is 5.91 Å². The first-order valence-electron chi connectivity index (χ1n) is 6.08. The van der Waals surface area contributed by atoms with Crippen LogP contribution in [0.4, 0.5) is 5.69 Å². The summed E-state index contributed by atoms with van der Waals surface area (Å²) >= 11 is 1.84. The van der Waals surface area contributed by atoms with Crippen molar-refractivity contribution >= 4 is 29.1 Å². The molecular formula is C13H17N3O2S. The van der Waals surface area contributed by atoms with E-state index >= 15 is 0 Å². The van der Waals surface area contributed by atoms with E-state index in [4.69, 9.17) is 4.74 Å². The van der Waals surface area contributed by atoms with Crippen molar-refractivity contribution in [3.05, 3.63) is 24.3 Å². The van der Waals surface area contributed by atoms with Crippen LogP contribution in [0.2, 0.25) is 0 Å². The quantitative estimate of drug-likeness (QED) is 0.806. The van der Waals surface area contributed by atoms with Crippen LogP contribution in [-0.4, -0.2) is 36.8 Å². The molecule has 0 spiro atoms. The molecule has 2 N–H and O–H groups in total. The zero-order valence-electron chi connectivity index (χ0n) is 10.8. The molecule has 2 rings (SSSR count). The number of benzene rings is 1. The molecule has 102 valence electrons. The summed E-state index contributed by atoms with van der Waals surface area (Å²) in [6.07, 6.45) is 0.969. The van der Waals surface area contributed by atoms with Gasteiger partial charge >= 0.3 is 0 Å². The van der Waals surface area contributed by atoms with Gasteiger partial charge in [-0.1, -0.05) is 0 Å². The summed E-state index contributed by atoms with van der Waals surface area (Å²) < 4.78 is 5.06. The minimum Gasteiger partial charge on any atom is -0.497 e.